The van der Waals surface area contributed by atoms with Crippen LogP contribution < -0.4 is 5.32 Å². The van der Waals surface area contributed by atoms with Crippen LogP contribution in [0.15, 0.2) is 22.7 Å². The number of benzene rings is 1. The molecule has 0 unspecified atom stereocenters. The van der Waals surface area contributed by atoms with Crippen LogP contribution in [0.2, 0.25) is 0 Å². The van der Waals surface area contributed by atoms with Gasteiger partial charge >= 0.3 is 0 Å². The maximum absolute atomic E-state index is 13.3. The van der Waals surface area contributed by atoms with Crippen LogP contribution in [-0.4, -0.2) is 27.0 Å². The van der Waals surface area contributed by atoms with Crippen molar-refractivity contribution in [3.05, 3.63) is 28.5 Å². The van der Waals surface area contributed by atoms with Gasteiger partial charge in [-0.05, 0) is 34.5 Å². The Bertz CT molecular complexity index is 442. The summed E-state index contributed by atoms with van der Waals surface area (Å²) in [5.41, 5.74) is 0.371. The Morgan fingerprint density at radius 3 is 2.69 bits per heavy atom. The number of rotatable bonds is 5. The largest absolute Gasteiger partial charge is 0.382 e. The predicted octanol–water partition coefficient (Wildman–Crippen LogP) is 2.43. The van der Waals surface area contributed by atoms with Gasteiger partial charge in [-0.1, -0.05) is 6.07 Å². The van der Waals surface area contributed by atoms with Crippen molar-refractivity contribution in [2.45, 2.75) is 6.42 Å². The van der Waals surface area contributed by atoms with Gasteiger partial charge in [0.2, 0.25) is 0 Å². The number of hydrogen-bond acceptors (Lipinski definition) is 3. The van der Waals surface area contributed by atoms with Gasteiger partial charge in [-0.25, -0.2) is 12.8 Å². The molecule has 0 heterocycles. The molecular formula is C10H13BrFNO2S. The summed E-state index contributed by atoms with van der Waals surface area (Å²) in [6.45, 7) is 0.423. The molecule has 1 aromatic rings. The highest BCUT2D eigenvalue weighted by Gasteiger charge is 2.06. The van der Waals surface area contributed by atoms with E-state index < -0.39 is 9.84 Å². The minimum Gasteiger partial charge on any atom is -0.382 e. The van der Waals surface area contributed by atoms with Gasteiger partial charge < -0.3 is 5.32 Å². The lowest BCUT2D eigenvalue weighted by Crippen LogP contribution is -2.10. The lowest BCUT2D eigenvalue weighted by atomic mass is 10.3. The summed E-state index contributed by atoms with van der Waals surface area (Å²) in [5.74, 6) is -0.250. The number of anilines is 1. The molecule has 0 bridgehead atoms. The van der Waals surface area contributed by atoms with E-state index in [1.807, 2.05) is 0 Å². The van der Waals surface area contributed by atoms with E-state index in [2.05, 4.69) is 21.2 Å². The Morgan fingerprint density at radius 1 is 1.44 bits per heavy atom. The van der Waals surface area contributed by atoms with Crippen LogP contribution in [0.1, 0.15) is 6.42 Å². The average Bonchev–Trinajstić information content (AvgIpc) is 2.14. The summed E-state index contributed by atoms with van der Waals surface area (Å²) in [6.07, 6.45) is 1.64. The first kappa shape index (κ1) is 13.4. The molecule has 0 radical (unpaired) electrons. The van der Waals surface area contributed by atoms with Crippen molar-refractivity contribution in [1.82, 2.24) is 0 Å². The Balaban J connectivity index is 2.49. The topological polar surface area (TPSA) is 46.2 Å². The lowest BCUT2D eigenvalue weighted by Gasteiger charge is -2.08. The number of sulfone groups is 1. The van der Waals surface area contributed by atoms with E-state index in [4.69, 9.17) is 0 Å². The van der Waals surface area contributed by atoms with Crippen LogP contribution >= 0.6 is 15.9 Å². The highest BCUT2D eigenvalue weighted by atomic mass is 79.9. The molecule has 1 aromatic carbocycles. The fraction of sp³-hybridized carbons (Fsp3) is 0.400. The van der Waals surface area contributed by atoms with E-state index in [0.29, 0.717) is 23.1 Å². The van der Waals surface area contributed by atoms with Gasteiger partial charge in [0.25, 0.3) is 0 Å². The number of hydrogen-bond donors (Lipinski definition) is 1. The summed E-state index contributed by atoms with van der Waals surface area (Å²) in [6, 6.07) is 4.67. The van der Waals surface area contributed by atoms with E-state index in [0.717, 1.165) is 0 Å². The molecule has 0 saturated carbocycles. The van der Waals surface area contributed by atoms with Crippen LogP contribution in [0.5, 0.6) is 0 Å². The SMILES string of the molecule is CS(=O)(=O)CCCNc1c(F)cccc1Br. The van der Waals surface area contributed by atoms with Crippen molar-refractivity contribution in [2.24, 2.45) is 0 Å². The fourth-order valence-electron chi connectivity index (χ4n) is 1.21. The third-order valence-electron chi connectivity index (χ3n) is 1.96. The molecular weight excluding hydrogens is 297 g/mol. The third-order valence-corrected chi connectivity index (χ3v) is 3.65. The van der Waals surface area contributed by atoms with Crippen molar-refractivity contribution >= 4 is 31.5 Å². The highest BCUT2D eigenvalue weighted by molar-refractivity contribution is 9.10. The number of nitrogens with one attached hydrogen (secondary N) is 1. The predicted molar refractivity (Wildman–Crippen MR) is 66.9 cm³/mol. The van der Waals surface area contributed by atoms with Gasteiger partial charge in [-0.2, -0.15) is 0 Å². The van der Waals surface area contributed by atoms with Crippen LogP contribution in [-0.2, 0) is 9.84 Å². The molecule has 90 valence electrons. The van der Waals surface area contributed by atoms with Gasteiger partial charge in [0, 0.05) is 17.3 Å². The van der Waals surface area contributed by atoms with E-state index in [1.54, 1.807) is 12.1 Å². The number of para-hydroxylation sites is 1. The first-order valence-electron chi connectivity index (χ1n) is 4.76. The molecule has 1 rings (SSSR count). The quantitative estimate of drug-likeness (QED) is 0.850. The van der Waals surface area contributed by atoms with Crippen LogP contribution in [0.3, 0.4) is 0 Å². The summed E-state index contributed by atoms with van der Waals surface area (Å²) in [7, 11) is -2.94. The minimum absolute atomic E-state index is 0.103. The second kappa shape index (κ2) is 5.63. The van der Waals surface area contributed by atoms with Crippen molar-refractivity contribution < 1.29 is 12.8 Å². The molecule has 0 aliphatic rings. The van der Waals surface area contributed by atoms with E-state index in [1.165, 1.54) is 12.3 Å². The first-order valence-corrected chi connectivity index (χ1v) is 7.61. The van der Waals surface area contributed by atoms with E-state index in [-0.39, 0.29) is 11.6 Å². The number of halogens is 2. The van der Waals surface area contributed by atoms with Gasteiger partial charge in [0.15, 0.2) is 0 Å². The zero-order valence-corrected chi connectivity index (χ0v) is 11.2. The molecule has 16 heavy (non-hydrogen) atoms. The van der Waals surface area contributed by atoms with Crippen molar-refractivity contribution in [3.8, 4) is 0 Å². The molecule has 3 nitrogen and oxygen atoms in total. The molecule has 0 fully saturated rings. The standard InChI is InChI=1S/C10H13BrFNO2S/c1-16(14,15)7-3-6-13-10-8(11)4-2-5-9(10)12/h2,4-5,13H,3,6-7H2,1H3. The lowest BCUT2D eigenvalue weighted by molar-refractivity contribution is 0.599. The molecule has 0 atom stereocenters. The Hall–Kier alpha value is -0.620. The van der Waals surface area contributed by atoms with Crippen LogP contribution in [0.4, 0.5) is 10.1 Å². The highest BCUT2D eigenvalue weighted by Crippen LogP contribution is 2.24. The van der Waals surface area contributed by atoms with Crippen molar-refractivity contribution in [3.63, 3.8) is 0 Å². The van der Waals surface area contributed by atoms with E-state index in [9.17, 15) is 12.8 Å². The van der Waals surface area contributed by atoms with Crippen molar-refractivity contribution in [1.29, 1.82) is 0 Å². The Kier molecular flexibility index (Phi) is 4.73. The minimum atomic E-state index is -2.94. The van der Waals surface area contributed by atoms with Gasteiger partial charge in [0.05, 0.1) is 11.4 Å². The molecule has 0 spiro atoms. The van der Waals surface area contributed by atoms with Crippen LogP contribution in [0, 0.1) is 5.82 Å². The summed E-state index contributed by atoms with van der Waals surface area (Å²) in [5, 5.41) is 2.87. The van der Waals surface area contributed by atoms with Crippen LogP contribution in [0.25, 0.3) is 0 Å². The average molecular weight is 310 g/mol. The first-order chi connectivity index (χ1) is 7.40. The second-order valence-corrected chi connectivity index (χ2v) is 6.62. The Morgan fingerprint density at radius 2 is 2.12 bits per heavy atom. The maximum atomic E-state index is 13.3. The molecule has 0 aliphatic carbocycles. The molecule has 0 saturated heterocycles. The van der Waals surface area contributed by atoms with E-state index >= 15 is 0 Å². The molecule has 1 N–H and O–H groups in total. The van der Waals surface area contributed by atoms with Gasteiger partial charge in [-0.3, -0.25) is 0 Å². The second-order valence-electron chi connectivity index (χ2n) is 3.51. The Labute approximate surface area is 103 Å². The molecule has 0 amide bonds. The fourth-order valence-corrected chi connectivity index (χ4v) is 2.37. The third kappa shape index (κ3) is 4.49. The molecule has 0 aromatic heterocycles. The summed E-state index contributed by atoms with van der Waals surface area (Å²) < 4.78 is 35.7. The smallest absolute Gasteiger partial charge is 0.147 e. The maximum Gasteiger partial charge on any atom is 0.147 e. The zero-order valence-electron chi connectivity index (χ0n) is 8.83. The summed E-state index contributed by atoms with van der Waals surface area (Å²) >= 11 is 3.22. The normalized spacial score (nSPS) is 11.4. The molecule has 6 heteroatoms. The van der Waals surface area contributed by atoms with Gasteiger partial charge in [-0.15, -0.1) is 0 Å². The zero-order chi connectivity index (χ0) is 12.2. The molecule has 0 aliphatic heterocycles. The van der Waals surface area contributed by atoms with Crippen molar-refractivity contribution in [2.75, 3.05) is 23.9 Å². The van der Waals surface area contributed by atoms with Gasteiger partial charge in [0.1, 0.15) is 15.7 Å². The summed E-state index contributed by atoms with van der Waals surface area (Å²) in [4.78, 5) is 0. The monoisotopic (exact) mass is 309 g/mol.